The second kappa shape index (κ2) is 8.09. The number of aliphatic hydroxyl groups excluding tert-OH is 1. The lowest BCUT2D eigenvalue weighted by atomic mass is 9.68. The van der Waals surface area contributed by atoms with Crippen LogP contribution in [0.4, 0.5) is 0 Å². The van der Waals surface area contributed by atoms with Gasteiger partial charge in [0, 0.05) is 13.1 Å². The van der Waals surface area contributed by atoms with E-state index in [2.05, 4.69) is 24.8 Å². The average Bonchev–Trinajstić information content (AvgIpc) is 2.63. The first kappa shape index (κ1) is 18.7. The van der Waals surface area contributed by atoms with Crippen molar-refractivity contribution in [1.29, 1.82) is 0 Å². The molecule has 1 saturated carbocycles. The SMILES string of the molecule is C[C@@H]1CN(CC[C@@H](O)C2CCCCC2)CC[C@]1(C)c1cccc(O)c1. The van der Waals surface area contributed by atoms with Gasteiger partial charge in [0.25, 0.3) is 0 Å². The van der Waals surface area contributed by atoms with E-state index in [1.807, 2.05) is 12.1 Å². The Hall–Kier alpha value is -1.06. The predicted octanol–water partition coefficient (Wildman–Crippen LogP) is 4.32. The van der Waals surface area contributed by atoms with Gasteiger partial charge in [-0.1, -0.05) is 45.2 Å². The Morgan fingerprint density at radius 2 is 2.00 bits per heavy atom. The van der Waals surface area contributed by atoms with Crippen LogP contribution in [0.3, 0.4) is 0 Å². The number of piperidine rings is 1. The lowest BCUT2D eigenvalue weighted by Gasteiger charge is -2.45. The number of hydrogen-bond donors (Lipinski definition) is 2. The molecular formula is C22H35NO2. The van der Waals surface area contributed by atoms with Crippen molar-refractivity contribution in [2.45, 2.75) is 70.3 Å². The molecule has 0 unspecified atom stereocenters. The first-order valence-electron chi connectivity index (χ1n) is 10.2. The fourth-order valence-electron chi connectivity index (χ4n) is 4.88. The second-order valence-electron chi connectivity index (χ2n) is 8.67. The Kier molecular flexibility index (Phi) is 6.06. The van der Waals surface area contributed by atoms with Crippen LogP contribution >= 0.6 is 0 Å². The Bertz CT molecular complexity index is 555. The number of phenolic OH excluding ortho intramolecular Hbond substituents is 1. The molecule has 1 saturated heterocycles. The maximum absolute atomic E-state index is 10.5. The van der Waals surface area contributed by atoms with Crippen molar-refractivity contribution in [2.24, 2.45) is 11.8 Å². The lowest BCUT2D eigenvalue weighted by molar-refractivity contribution is 0.0502. The number of aromatic hydroxyl groups is 1. The number of nitrogens with zero attached hydrogens (tertiary/aromatic N) is 1. The van der Waals surface area contributed by atoms with Gasteiger partial charge in [0.1, 0.15) is 5.75 Å². The van der Waals surface area contributed by atoms with Crippen LogP contribution in [-0.2, 0) is 5.41 Å². The van der Waals surface area contributed by atoms with Gasteiger partial charge in [0.15, 0.2) is 0 Å². The predicted molar refractivity (Wildman–Crippen MR) is 103 cm³/mol. The molecule has 1 aromatic carbocycles. The molecular weight excluding hydrogens is 310 g/mol. The third kappa shape index (κ3) is 4.38. The molecule has 0 amide bonds. The maximum atomic E-state index is 10.5. The monoisotopic (exact) mass is 345 g/mol. The minimum atomic E-state index is -0.116. The van der Waals surface area contributed by atoms with E-state index in [1.54, 1.807) is 6.07 Å². The molecule has 0 spiro atoms. The summed E-state index contributed by atoms with van der Waals surface area (Å²) >= 11 is 0. The lowest BCUT2D eigenvalue weighted by Crippen LogP contribution is -2.48. The molecule has 1 aromatic rings. The van der Waals surface area contributed by atoms with Crippen LogP contribution in [-0.4, -0.2) is 40.9 Å². The summed E-state index contributed by atoms with van der Waals surface area (Å²) in [5, 5.41) is 20.4. The molecule has 3 nitrogen and oxygen atoms in total. The number of phenols is 1. The van der Waals surface area contributed by atoms with Crippen molar-refractivity contribution >= 4 is 0 Å². The molecule has 0 radical (unpaired) electrons. The molecule has 140 valence electrons. The molecule has 1 aliphatic carbocycles. The van der Waals surface area contributed by atoms with E-state index in [0.29, 0.717) is 17.6 Å². The topological polar surface area (TPSA) is 43.7 Å². The molecule has 0 aromatic heterocycles. The molecule has 2 aliphatic rings. The van der Waals surface area contributed by atoms with E-state index in [1.165, 1.54) is 37.7 Å². The van der Waals surface area contributed by atoms with Crippen LogP contribution in [0.25, 0.3) is 0 Å². The largest absolute Gasteiger partial charge is 0.508 e. The zero-order valence-corrected chi connectivity index (χ0v) is 16.0. The maximum Gasteiger partial charge on any atom is 0.115 e. The van der Waals surface area contributed by atoms with E-state index < -0.39 is 0 Å². The van der Waals surface area contributed by atoms with Gasteiger partial charge in [-0.2, -0.15) is 0 Å². The van der Waals surface area contributed by atoms with Gasteiger partial charge >= 0.3 is 0 Å². The summed E-state index contributed by atoms with van der Waals surface area (Å²) in [5.74, 6) is 1.44. The first-order valence-corrected chi connectivity index (χ1v) is 10.2. The number of aliphatic hydroxyl groups is 1. The molecule has 3 heteroatoms. The third-order valence-corrected chi connectivity index (χ3v) is 7.01. The number of rotatable bonds is 5. The second-order valence-corrected chi connectivity index (χ2v) is 8.67. The Balaban J connectivity index is 1.53. The molecule has 3 atom stereocenters. The van der Waals surface area contributed by atoms with Crippen LogP contribution in [0.15, 0.2) is 24.3 Å². The molecule has 2 fully saturated rings. The molecule has 25 heavy (non-hydrogen) atoms. The highest BCUT2D eigenvalue weighted by atomic mass is 16.3. The van der Waals surface area contributed by atoms with Gasteiger partial charge in [-0.15, -0.1) is 0 Å². The minimum Gasteiger partial charge on any atom is -0.508 e. The van der Waals surface area contributed by atoms with Crippen molar-refractivity contribution in [3.63, 3.8) is 0 Å². The molecule has 0 bridgehead atoms. The molecule has 2 N–H and O–H groups in total. The minimum absolute atomic E-state index is 0.116. The van der Waals surface area contributed by atoms with Crippen LogP contribution in [0.1, 0.15) is 64.4 Å². The van der Waals surface area contributed by atoms with E-state index in [0.717, 1.165) is 32.5 Å². The standard InChI is InChI=1S/C22H35NO2/c1-17-16-23(13-11-21(25)18-7-4-3-5-8-18)14-12-22(17,2)19-9-6-10-20(24)15-19/h6,9-10,15,17-18,21,24-25H,3-5,7-8,11-14,16H2,1-2H3/t17-,21-,22+/m1/s1. The van der Waals surface area contributed by atoms with E-state index in [4.69, 9.17) is 0 Å². The summed E-state index contributed by atoms with van der Waals surface area (Å²) in [6, 6.07) is 7.78. The van der Waals surface area contributed by atoms with E-state index in [-0.39, 0.29) is 11.5 Å². The summed E-state index contributed by atoms with van der Waals surface area (Å²) in [6.45, 7) is 7.82. The highest BCUT2D eigenvalue weighted by molar-refractivity contribution is 5.33. The highest BCUT2D eigenvalue weighted by Gasteiger charge is 2.38. The van der Waals surface area contributed by atoms with Crippen LogP contribution in [0.2, 0.25) is 0 Å². The van der Waals surface area contributed by atoms with Crippen molar-refractivity contribution in [1.82, 2.24) is 4.90 Å². The van der Waals surface area contributed by atoms with Crippen molar-refractivity contribution in [2.75, 3.05) is 19.6 Å². The molecule has 1 heterocycles. The highest BCUT2D eigenvalue weighted by Crippen LogP contribution is 2.40. The quantitative estimate of drug-likeness (QED) is 0.835. The van der Waals surface area contributed by atoms with Crippen molar-refractivity contribution in [3.05, 3.63) is 29.8 Å². The summed E-state index contributed by atoms with van der Waals surface area (Å²) in [6.07, 6.45) is 8.28. The number of hydrogen-bond acceptors (Lipinski definition) is 3. The van der Waals surface area contributed by atoms with Gasteiger partial charge in [-0.3, -0.25) is 0 Å². The summed E-state index contributed by atoms with van der Waals surface area (Å²) in [4.78, 5) is 2.53. The van der Waals surface area contributed by atoms with E-state index in [9.17, 15) is 10.2 Å². The normalized spacial score (nSPS) is 30.3. The molecule has 1 aliphatic heterocycles. The summed E-state index contributed by atoms with van der Waals surface area (Å²) < 4.78 is 0. The van der Waals surface area contributed by atoms with Gasteiger partial charge in [0.2, 0.25) is 0 Å². The average molecular weight is 346 g/mol. The number of likely N-dealkylation sites (tertiary alicyclic amines) is 1. The van der Waals surface area contributed by atoms with Gasteiger partial charge < -0.3 is 15.1 Å². The van der Waals surface area contributed by atoms with Gasteiger partial charge in [0.05, 0.1) is 6.10 Å². The van der Waals surface area contributed by atoms with Crippen molar-refractivity contribution in [3.8, 4) is 5.75 Å². The Morgan fingerprint density at radius 1 is 1.24 bits per heavy atom. The van der Waals surface area contributed by atoms with E-state index >= 15 is 0 Å². The van der Waals surface area contributed by atoms with Crippen molar-refractivity contribution < 1.29 is 10.2 Å². The first-order chi connectivity index (χ1) is 12.0. The zero-order valence-electron chi connectivity index (χ0n) is 16.0. The third-order valence-electron chi connectivity index (χ3n) is 7.01. The van der Waals surface area contributed by atoms with Crippen LogP contribution in [0, 0.1) is 11.8 Å². The van der Waals surface area contributed by atoms with Crippen LogP contribution in [0.5, 0.6) is 5.75 Å². The fraction of sp³-hybridized carbons (Fsp3) is 0.727. The summed E-state index contributed by atoms with van der Waals surface area (Å²) in [7, 11) is 0. The molecule has 3 rings (SSSR count). The number of benzene rings is 1. The van der Waals surface area contributed by atoms with Gasteiger partial charge in [-0.25, -0.2) is 0 Å². The van der Waals surface area contributed by atoms with Gasteiger partial charge in [-0.05, 0) is 67.2 Å². The Morgan fingerprint density at radius 3 is 2.68 bits per heavy atom. The fourth-order valence-corrected chi connectivity index (χ4v) is 4.88. The Labute approximate surface area is 153 Å². The van der Waals surface area contributed by atoms with Crippen LogP contribution < -0.4 is 0 Å². The summed E-state index contributed by atoms with van der Waals surface area (Å²) in [5.41, 5.74) is 1.37. The zero-order chi connectivity index (χ0) is 17.9. The smallest absolute Gasteiger partial charge is 0.115 e.